The molecule has 17 heavy (non-hydrogen) atoms. The molecule has 2 rings (SSSR count). The Morgan fingerprint density at radius 1 is 1.29 bits per heavy atom. The van der Waals surface area contributed by atoms with E-state index in [-0.39, 0.29) is 0 Å². The topological polar surface area (TPSA) is 29.9 Å². The Morgan fingerprint density at radius 2 is 2.12 bits per heavy atom. The summed E-state index contributed by atoms with van der Waals surface area (Å²) in [6.45, 7) is 3.89. The Morgan fingerprint density at radius 3 is 2.88 bits per heavy atom. The molecule has 0 radical (unpaired) electrons. The van der Waals surface area contributed by atoms with Crippen LogP contribution in [-0.4, -0.2) is 22.6 Å². The molecule has 0 aliphatic rings. The zero-order chi connectivity index (χ0) is 12.1. The highest BCUT2D eigenvalue weighted by molar-refractivity contribution is 7.98. The summed E-state index contributed by atoms with van der Waals surface area (Å²) in [5.74, 6) is 0. The van der Waals surface area contributed by atoms with E-state index in [1.54, 1.807) is 11.8 Å². The fourth-order valence-corrected chi connectivity index (χ4v) is 2.25. The summed E-state index contributed by atoms with van der Waals surface area (Å²) in [4.78, 5) is 1.24. The van der Waals surface area contributed by atoms with E-state index in [0.717, 1.165) is 24.5 Å². The minimum Gasteiger partial charge on any atom is -0.311 e. The standard InChI is InChI=1S/C13H17N3S/c1-3-14-10-11-8-9-16(15-11)12-6-4-5-7-13(12)17-2/h4-9,14H,3,10H2,1-2H3. The zero-order valence-corrected chi connectivity index (χ0v) is 11.0. The molecule has 0 saturated carbocycles. The van der Waals surface area contributed by atoms with Crippen LogP contribution in [0.4, 0.5) is 0 Å². The lowest BCUT2D eigenvalue weighted by Gasteiger charge is -2.06. The van der Waals surface area contributed by atoms with Gasteiger partial charge in [0.05, 0.1) is 11.4 Å². The van der Waals surface area contributed by atoms with Gasteiger partial charge in [0.1, 0.15) is 0 Å². The highest BCUT2D eigenvalue weighted by Gasteiger charge is 2.04. The van der Waals surface area contributed by atoms with Crippen molar-refractivity contribution in [3.63, 3.8) is 0 Å². The van der Waals surface area contributed by atoms with Gasteiger partial charge in [0.2, 0.25) is 0 Å². The lowest BCUT2D eigenvalue weighted by Crippen LogP contribution is -2.12. The van der Waals surface area contributed by atoms with Crippen LogP contribution in [0, 0.1) is 0 Å². The molecule has 1 aromatic heterocycles. The maximum absolute atomic E-state index is 4.57. The van der Waals surface area contributed by atoms with Crippen molar-refractivity contribution >= 4 is 11.8 Å². The highest BCUT2D eigenvalue weighted by Crippen LogP contribution is 2.22. The van der Waals surface area contributed by atoms with Gasteiger partial charge in [-0.05, 0) is 31.0 Å². The van der Waals surface area contributed by atoms with Gasteiger partial charge in [-0.1, -0.05) is 19.1 Å². The summed E-state index contributed by atoms with van der Waals surface area (Å²) in [7, 11) is 0. The largest absolute Gasteiger partial charge is 0.311 e. The number of rotatable bonds is 5. The van der Waals surface area contributed by atoms with Gasteiger partial charge in [-0.25, -0.2) is 4.68 Å². The molecule has 0 aliphatic heterocycles. The molecule has 0 spiro atoms. The average Bonchev–Trinajstić information content (AvgIpc) is 2.85. The van der Waals surface area contributed by atoms with Crippen LogP contribution in [0.15, 0.2) is 41.4 Å². The Kier molecular flexibility index (Phi) is 4.23. The van der Waals surface area contributed by atoms with E-state index in [1.165, 1.54) is 4.90 Å². The number of hydrogen-bond donors (Lipinski definition) is 1. The van der Waals surface area contributed by atoms with Crippen LogP contribution in [0.1, 0.15) is 12.6 Å². The molecule has 0 atom stereocenters. The Hall–Kier alpha value is -1.26. The predicted molar refractivity (Wildman–Crippen MR) is 72.7 cm³/mol. The molecular formula is C13H17N3S. The van der Waals surface area contributed by atoms with Crippen molar-refractivity contribution in [3.8, 4) is 5.69 Å². The molecule has 1 N–H and O–H groups in total. The van der Waals surface area contributed by atoms with Gasteiger partial charge in [0.25, 0.3) is 0 Å². The van der Waals surface area contributed by atoms with Gasteiger partial charge in [-0.3, -0.25) is 0 Å². The van der Waals surface area contributed by atoms with Crippen LogP contribution < -0.4 is 5.32 Å². The second kappa shape index (κ2) is 5.89. The predicted octanol–water partition coefficient (Wildman–Crippen LogP) is 2.70. The SMILES string of the molecule is CCNCc1ccn(-c2ccccc2SC)n1. The summed E-state index contributed by atoms with van der Waals surface area (Å²) in [6.07, 6.45) is 4.10. The molecule has 0 aliphatic carbocycles. The number of aromatic nitrogens is 2. The number of para-hydroxylation sites is 1. The number of benzene rings is 1. The van der Waals surface area contributed by atoms with E-state index in [2.05, 4.69) is 47.9 Å². The molecule has 90 valence electrons. The summed E-state index contributed by atoms with van der Waals surface area (Å²) < 4.78 is 1.94. The van der Waals surface area contributed by atoms with Crippen molar-refractivity contribution in [3.05, 3.63) is 42.2 Å². The monoisotopic (exact) mass is 247 g/mol. The third-order valence-corrected chi connectivity index (χ3v) is 3.32. The molecule has 4 heteroatoms. The molecule has 0 fully saturated rings. The minimum atomic E-state index is 0.824. The Balaban J connectivity index is 2.24. The van der Waals surface area contributed by atoms with Crippen LogP contribution in [-0.2, 0) is 6.54 Å². The van der Waals surface area contributed by atoms with Gasteiger partial charge in [0, 0.05) is 17.6 Å². The molecule has 0 unspecified atom stereocenters. The molecule has 3 nitrogen and oxygen atoms in total. The first-order valence-corrected chi connectivity index (χ1v) is 6.96. The van der Waals surface area contributed by atoms with Crippen molar-refractivity contribution in [1.29, 1.82) is 0 Å². The maximum atomic E-state index is 4.57. The van der Waals surface area contributed by atoms with Crippen molar-refractivity contribution in [2.45, 2.75) is 18.4 Å². The highest BCUT2D eigenvalue weighted by atomic mass is 32.2. The van der Waals surface area contributed by atoms with Gasteiger partial charge in [0.15, 0.2) is 0 Å². The van der Waals surface area contributed by atoms with Gasteiger partial charge in [-0.15, -0.1) is 11.8 Å². The average molecular weight is 247 g/mol. The summed E-state index contributed by atoms with van der Waals surface area (Å²) in [5.41, 5.74) is 2.21. The molecule has 0 amide bonds. The lowest BCUT2D eigenvalue weighted by molar-refractivity contribution is 0.695. The van der Waals surface area contributed by atoms with Crippen molar-refractivity contribution < 1.29 is 0 Å². The summed E-state index contributed by atoms with van der Waals surface area (Å²) >= 11 is 1.74. The first-order chi connectivity index (χ1) is 8.35. The molecule has 0 bridgehead atoms. The Bertz CT molecular complexity index is 479. The first-order valence-electron chi connectivity index (χ1n) is 5.73. The van der Waals surface area contributed by atoms with Crippen LogP contribution in [0.2, 0.25) is 0 Å². The van der Waals surface area contributed by atoms with E-state index in [1.807, 2.05) is 16.9 Å². The number of hydrogen-bond acceptors (Lipinski definition) is 3. The van der Waals surface area contributed by atoms with Crippen molar-refractivity contribution in [2.75, 3.05) is 12.8 Å². The van der Waals surface area contributed by atoms with Gasteiger partial charge in [-0.2, -0.15) is 5.10 Å². The molecule has 1 heterocycles. The van der Waals surface area contributed by atoms with Crippen LogP contribution >= 0.6 is 11.8 Å². The smallest absolute Gasteiger partial charge is 0.0781 e. The third kappa shape index (κ3) is 2.90. The first kappa shape index (κ1) is 12.2. The lowest BCUT2D eigenvalue weighted by atomic mass is 10.3. The van der Waals surface area contributed by atoms with Crippen LogP contribution in [0.3, 0.4) is 0 Å². The third-order valence-electron chi connectivity index (χ3n) is 2.53. The van der Waals surface area contributed by atoms with Crippen molar-refractivity contribution in [2.24, 2.45) is 0 Å². The molecule has 0 saturated heterocycles. The number of nitrogens with zero attached hydrogens (tertiary/aromatic N) is 2. The summed E-state index contributed by atoms with van der Waals surface area (Å²) in [6, 6.07) is 10.4. The van der Waals surface area contributed by atoms with E-state index >= 15 is 0 Å². The van der Waals surface area contributed by atoms with Crippen LogP contribution in [0.5, 0.6) is 0 Å². The Labute approximate surface area is 106 Å². The maximum Gasteiger partial charge on any atom is 0.0781 e. The molecular weight excluding hydrogens is 230 g/mol. The van der Waals surface area contributed by atoms with E-state index < -0.39 is 0 Å². The molecule has 2 aromatic rings. The van der Waals surface area contributed by atoms with E-state index in [9.17, 15) is 0 Å². The number of nitrogens with one attached hydrogen (secondary N) is 1. The molecule has 1 aromatic carbocycles. The van der Waals surface area contributed by atoms with E-state index in [0.29, 0.717) is 0 Å². The van der Waals surface area contributed by atoms with E-state index in [4.69, 9.17) is 0 Å². The zero-order valence-electron chi connectivity index (χ0n) is 10.2. The normalized spacial score (nSPS) is 10.7. The minimum absolute atomic E-state index is 0.824. The van der Waals surface area contributed by atoms with Gasteiger partial charge < -0.3 is 5.32 Å². The van der Waals surface area contributed by atoms with Gasteiger partial charge >= 0.3 is 0 Å². The summed E-state index contributed by atoms with van der Waals surface area (Å²) in [5, 5.41) is 7.84. The fourth-order valence-electron chi connectivity index (χ4n) is 1.66. The van der Waals surface area contributed by atoms with Crippen molar-refractivity contribution in [1.82, 2.24) is 15.1 Å². The van der Waals surface area contributed by atoms with Crippen LogP contribution in [0.25, 0.3) is 5.69 Å². The number of thioether (sulfide) groups is 1. The quantitative estimate of drug-likeness (QED) is 0.824. The second-order valence-corrected chi connectivity index (χ2v) is 4.55. The fraction of sp³-hybridized carbons (Fsp3) is 0.308. The second-order valence-electron chi connectivity index (χ2n) is 3.70.